The molecule has 7 heteroatoms. The van der Waals surface area contributed by atoms with Gasteiger partial charge in [0, 0.05) is 0 Å². The molecule has 0 radical (unpaired) electrons. The number of amides is 1. The summed E-state index contributed by atoms with van der Waals surface area (Å²) < 4.78 is 14.3. The Bertz CT molecular complexity index is 581. The lowest BCUT2D eigenvalue weighted by molar-refractivity contribution is -0.138. The van der Waals surface area contributed by atoms with Crippen LogP contribution >= 0.6 is 0 Å². The van der Waals surface area contributed by atoms with Crippen LogP contribution in [0.5, 0.6) is 0 Å². The zero-order valence-corrected chi connectivity index (χ0v) is 13.3. The molecule has 0 N–H and O–H groups in total. The van der Waals surface area contributed by atoms with E-state index in [9.17, 15) is 14.4 Å². The van der Waals surface area contributed by atoms with Gasteiger partial charge in [0.15, 0.2) is 0 Å². The van der Waals surface area contributed by atoms with Gasteiger partial charge in [-0.1, -0.05) is 25.1 Å². The zero-order valence-electron chi connectivity index (χ0n) is 13.3. The van der Waals surface area contributed by atoms with Crippen LogP contribution in [0.3, 0.4) is 0 Å². The smallest absolute Gasteiger partial charge is 0.419 e. The normalized spacial score (nSPS) is 10.7. The Hall–Kier alpha value is -2.83. The number of rotatable bonds is 6. The van der Waals surface area contributed by atoms with Crippen molar-refractivity contribution >= 4 is 23.7 Å². The lowest BCUT2D eigenvalue weighted by atomic mass is 10.2. The Balaban J connectivity index is 3.33. The average molecular weight is 321 g/mol. The van der Waals surface area contributed by atoms with Gasteiger partial charge in [-0.25, -0.2) is 19.3 Å². The molecule has 7 nitrogen and oxygen atoms in total. The first-order valence-corrected chi connectivity index (χ1v) is 6.95. The molecule has 1 aromatic rings. The molecule has 0 atom stereocenters. The molecule has 1 aromatic carbocycles. The fourth-order valence-electron chi connectivity index (χ4n) is 1.66. The van der Waals surface area contributed by atoms with E-state index < -0.39 is 18.0 Å². The van der Waals surface area contributed by atoms with Crippen molar-refractivity contribution < 1.29 is 28.6 Å². The van der Waals surface area contributed by atoms with E-state index in [1.807, 2.05) is 6.92 Å². The number of methoxy groups -OCH3 is 2. The lowest BCUT2D eigenvalue weighted by Crippen LogP contribution is -2.35. The van der Waals surface area contributed by atoms with Crippen molar-refractivity contribution in [1.29, 1.82) is 0 Å². The predicted molar refractivity (Wildman–Crippen MR) is 82.7 cm³/mol. The summed E-state index contributed by atoms with van der Waals surface area (Å²) in [5.74, 6) is -1.66. The Morgan fingerprint density at radius 2 is 1.74 bits per heavy atom. The first-order valence-electron chi connectivity index (χ1n) is 6.95. The van der Waals surface area contributed by atoms with Crippen LogP contribution in [-0.2, 0) is 23.8 Å². The maximum absolute atomic E-state index is 12.3. The third kappa shape index (κ3) is 5.14. The molecule has 0 unspecified atom stereocenters. The maximum Gasteiger partial charge on any atom is 0.419 e. The van der Waals surface area contributed by atoms with Gasteiger partial charge in [-0.05, 0) is 18.6 Å². The fourth-order valence-corrected chi connectivity index (χ4v) is 1.66. The summed E-state index contributed by atoms with van der Waals surface area (Å²) in [6.45, 7) is 2.01. The molecule has 0 aliphatic carbocycles. The van der Waals surface area contributed by atoms with E-state index in [1.54, 1.807) is 30.3 Å². The number of nitrogens with zero attached hydrogens (tertiary/aromatic N) is 1. The minimum atomic E-state index is -0.868. The third-order valence-electron chi connectivity index (χ3n) is 2.72. The largest absolute Gasteiger partial charge is 0.466 e. The van der Waals surface area contributed by atoms with E-state index in [2.05, 4.69) is 9.47 Å². The monoisotopic (exact) mass is 321 g/mol. The number of para-hydroxylation sites is 1. The number of esters is 2. The van der Waals surface area contributed by atoms with Crippen LogP contribution in [0.15, 0.2) is 42.1 Å². The van der Waals surface area contributed by atoms with Gasteiger partial charge >= 0.3 is 18.0 Å². The van der Waals surface area contributed by atoms with E-state index in [1.165, 1.54) is 0 Å². The van der Waals surface area contributed by atoms with E-state index >= 15 is 0 Å². The van der Waals surface area contributed by atoms with E-state index in [0.29, 0.717) is 12.1 Å². The van der Waals surface area contributed by atoms with Gasteiger partial charge in [0.25, 0.3) is 0 Å². The van der Waals surface area contributed by atoms with Crippen molar-refractivity contribution in [2.45, 2.75) is 13.3 Å². The summed E-state index contributed by atoms with van der Waals surface area (Å²) in [5, 5.41) is 0. The van der Waals surface area contributed by atoms with Crippen molar-refractivity contribution in [3.63, 3.8) is 0 Å². The summed E-state index contributed by atoms with van der Waals surface area (Å²) in [5.41, 5.74) is 0.0563. The number of hydrogen-bond acceptors (Lipinski definition) is 6. The molecule has 124 valence electrons. The van der Waals surface area contributed by atoms with Crippen LogP contribution < -0.4 is 4.90 Å². The minimum Gasteiger partial charge on any atom is -0.466 e. The summed E-state index contributed by atoms with van der Waals surface area (Å²) in [7, 11) is 2.31. The molecule has 0 heterocycles. The molecular weight excluding hydrogens is 302 g/mol. The van der Waals surface area contributed by atoms with Crippen LogP contribution in [0.2, 0.25) is 0 Å². The van der Waals surface area contributed by atoms with Gasteiger partial charge in [-0.3, -0.25) is 0 Å². The first-order chi connectivity index (χ1) is 11.0. The Morgan fingerprint density at radius 3 is 2.26 bits per heavy atom. The number of benzene rings is 1. The number of carbonyl (C=O) groups excluding carboxylic acids is 3. The molecule has 0 fully saturated rings. The van der Waals surface area contributed by atoms with Gasteiger partial charge < -0.3 is 14.2 Å². The van der Waals surface area contributed by atoms with Crippen molar-refractivity contribution in [3.8, 4) is 0 Å². The number of ether oxygens (including phenoxy) is 3. The average Bonchev–Trinajstić information content (AvgIpc) is 2.59. The van der Waals surface area contributed by atoms with Crippen LogP contribution in [0.4, 0.5) is 10.5 Å². The quantitative estimate of drug-likeness (QED) is 0.454. The van der Waals surface area contributed by atoms with Gasteiger partial charge in [0.05, 0.1) is 32.6 Å². The van der Waals surface area contributed by atoms with Gasteiger partial charge in [-0.15, -0.1) is 0 Å². The van der Waals surface area contributed by atoms with Crippen LogP contribution in [0, 0.1) is 0 Å². The number of hydrogen-bond donors (Lipinski definition) is 0. The molecule has 0 aromatic heterocycles. The highest BCUT2D eigenvalue weighted by atomic mass is 16.6. The zero-order chi connectivity index (χ0) is 17.2. The highest BCUT2D eigenvalue weighted by Gasteiger charge is 2.28. The van der Waals surface area contributed by atoms with E-state index in [0.717, 1.165) is 25.2 Å². The lowest BCUT2D eigenvalue weighted by Gasteiger charge is -2.23. The molecule has 1 amide bonds. The summed E-state index contributed by atoms with van der Waals surface area (Å²) in [4.78, 5) is 36.8. The van der Waals surface area contributed by atoms with Gasteiger partial charge in [0.1, 0.15) is 5.70 Å². The summed E-state index contributed by atoms with van der Waals surface area (Å²) >= 11 is 0. The fraction of sp³-hybridized carbons (Fsp3) is 0.312. The molecule has 0 saturated heterocycles. The van der Waals surface area contributed by atoms with E-state index in [-0.39, 0.29) is 12.3 Å². The Kier molecular flexibility index (Phi) is 7.32. The summed E-state index contributed by atoms with van der Waals surface area (Å²) in [6, 6.07) is 8.31. The van der Waals surface area contributed by atoms with Crippen molar-refractivity contribution in [2.24, 2.45) is 0 Å². The Morgan fingerprint density at radius 1 is 1.09 bits per heavy atom. The highest BCUT2D eigenvalue weighted by molar-refractivity contribution is 6.07. The van der Waals surface area contributed by atoms with E-state index in [4.69, 9.17) is 4.74 Å². The second-order valence-electron chi connectivity index (χ2n) is 4.33. The molecule has 0 aliphatic heterocycles. The van der Waals surface area contributed by atoms with Crippen molar-refractivity contribution in [1.82, 2.24) is 0 Å². The molecule has 0 aliphatic rings. The third-order valence-corrected chi connectivity index (χ3v) is 2.72. The second kappa shape index (κ2) is 9.24. The molecule has 23 heavy (non-hydrogen) atoms. The van der Waals surface area contributed by atoms with Gasteiger partial charge in [0.2, 0.25) is 0 Å². The van der Waals surface area contributed by atoms with Crippen molar-refractivity contribution in [2.75, 3.05) is 25.7 Å². The molecule has 1 rings (SSSR count). The molecular formula is C16H19NO6. The molecule has 0 spiro atoms. The maximum atomic E-state index is 12.3. The van der Waals surface area contributed by atoms with Crippen LogP contribution in [0.1, 0.15) is 13.3 Å². The molecule has 0 saturated carbocycles. The van der Waals surface area contributed by atoms with Crippen LogP contribution in [0.25, 0.3) is 0 Å². The van der Waals surface area contributed by atoms with Gasteiger partial charge in [-0.2, -0.15) is 0 Å². The summed E-state index contributed by atoms with van der Waals surface area (Å²) in [6.07, 6.45) is 0.702. The SMILES string of the molecule is CCCOC(=O)N(/C(=C/C(=O)OC)C(=O)OC)c1ccccc1. The molecule has 0 bridgehead atoms. The standard InChI is InChI=1S/C16H19NO6/c1-4-10-23-16(20)17(12-8-6-5-7-9-12)13(15(19)22-3)11-14(18)21-2/h5-9,11H,4,10H2,1-3H3/b13-11+. The number of anilines is 1. The minimum absolute atomic E-state index is 0.175. The van der Waals surface area contributed by atoms with Crippen LogP contribution in [-0.4, -0.2) is 38.9 Å². The predicted octanol–water partition coefficient (Wildman–Crippen LogP) is 2.27. The highest BCUT2D eigenvalue weighted by Crippen LogP contribution is 2.21. The first kappa shape index (κ1) is 18.2. The number of carbonyl (C=O) groups is 3. The topological polar surface area (TPSA) is 82.1 Å². The Labute approximate surface area is 134 Å². The van der Waals surface area contributed by atoms with Crippen molar-refractivity contribution in [3.05, 3.63) is 42.1 Å². The second-order valence-corrected chi connectivity index (χ2v) is 4.33.